The largest absolute Gasteiger partial charge is 0.354 e. The average molecular weight is 438 g/mol. The minimum Gasteiger partial charge on any atom is -0.354 e. The summed E-state index contributed by atoms with van der Waals surface area (Å²) >= 11 is 0. The molecule has 0 saturated carbocycles. The lowest BCUT2D eigenvalue weighted by atomic mass is 10.0. The first-order chi connectivity index (χ1) is 16.2. The molecule has 0 unspecified atom stereocenters. The number of nitrogens with one attached hydrogen (secondary N) is 1. The average Bonchev–Trinajstić information content (AvgIpc) is 3.29. The molecule has 0 atom stereocenters. The SMILES string of the molecule is O=C(Cn1ncn2nc(-c3cccc4ccccc34)cc2c1=O)NCCCc1ccccc1. The van der Waals surface area contributed by atoms with E-state index >= 15 is 0 Å². The highest BCUT2D eigenvalue weighted by molar-refractivity contribution is 5.96. The van der Waals surface area contributed by atoms with E-state index in [-0.39, 0.29) is 18.0 Å². The van der Waals surface area contributed by atoms with Gasteiger partial charge in [-0.3, -0.25) is 9.59 Å². The highest BCUT2D eigenvalue weighted by atomic mass is 16.2. The maximum absolute atomic E-state index is 12.9. The molecule has 2 heterocycles. The molecular formula is C26H23N5O2. The van der Waals surface area contributed by atoms with Crippen LogP contribution in [0.15, 0.2) is 90.0 Å². The summed E-state index contributed by atoms with van der Waals surface area (Å²) in [6, 6.07) is 25.9. The van der Waals surface area contributed by atoms with Crippen molar-refractivity contribution in [2.24, 2.45) is 0 Å². The van der Waals surface area contributed by atoms with E-state index in [1.165, 1.54) is 21.1 Å². The van der Waals surface area contributed by atoms with Crippen LogP contribution in [0.2, 0.25) is 0 Å². The van der Waals surface area contributed by atoms with Crippen LogP contribution in [0.4, 0.5) is 0 Å². The first kappa shape index (κ1) is 20.6. The van der Waals surface area contributed by atoms with Gasteiger partial charge in [0.05, 0.1) is 5.69 Å². The zero-order chi connectivity index (χ0) is 22.6. The van der Waals surface area contributed by atoms with Gasteiger partial charge in [0.1, 0.15) is 18.4 Å². The summed E-state index contributed by atoms with van der Waals surface area (Å²) in [7, 11) is 0. The Bertz CT molecular complexity index is 1480. The third kappa shape index (κ3) is 4.39. The van der Waals surface area contributed by atoms with Crippen LogP contribution in [0.3, 0.4) is 0 Å². The number of carbonyl (C=O) groups is 1. The molecule has 5 aromatic rings. The normalized spacial score (nSPS) is 11.2. The van der Waals surface area contributed by atoms with E-state index in [2.05, 4.69) is 27.6 Å². The Labute approximate surface area is 190 Å². The fourth-order valence-corrected chi connectivity index (χ4v) is 3.99. The van der Waals surface area contributed by atoms with E-state index in [1.54, 1.807) is 6.07 Å². The third-order valence-electron chi connectivity index (χ3n) is 5.66. The lowest BCUT2D eigenvalue weighted by Gasteiger charge is -2.07. The molecule has 2 aromatic heterocycles. The third-order valence-corrected chi connectivity index (χ3v) is 5.66. The van der Waals surface area contributed by atoms with Gasteiger partial charge < -0.3 is 5.32 Å². The van der Waals surface area contributed by atoms with E-state index in [1.807, 2.05) is 60.7 Å². The summed E-state index contributed by atoms with van der Waals surface area (Å²) < 4.78 is 2.64. The van der Waals surface area contributed by atoms with Crippen LogP contribution >= 0.6 is 0 Å². The van der Waals surface area contributed by atoms with Gasteiger partial charge in [0.25, 0.3) is 5.56 Å². The minimum absolute atomic E-state index is 0.130. The van der Waals surface area contributed by atoms with Crippen LogP contribution in [-0.4, -0.2) is 31.8 Å². The van der Waals surface area contributed by atoms with Crippen LogP contribution in [0.1, 0.15) is 12.0 Å². The number of hydrogen-bond donors (Lipinski definition) is 1. The molecule has 0 radical (unpaired) electrons. The van der Waals surface area contributed by atoms with Gasteiger partial charge in [-0.2, -0.15) is 10.2 Å². The molecule has 0 fully saturated rings. The van der Waals surface area contributed by atoms with Crippen molar-refractivity contribution in [3.05, 3.63) is 101 Å². The summed E-state index contributed by atoms with van der Waals surface area (Å²) in [5, 5.41) is 13.7. The highest BCUT2D eigenvalue weighted by Crippen LogP contribution is 2.27. The minimum atomic E-state index is -0.351. The van der Waals surface area contributed by atoms with Gasteiger partial charge in [-0.05, 0) is 35.2 Å². The fourth-order valence-electron chi connectivity index (χ4n) is 3.99. The van der Waals surface area contributed by atoms with Crippen molar-refractivity contribution in [1.29, 1.82) is 0 Å². The van der Waals surface area contributed by atoms with Crippen molar-refractivity contribution < 1.29 is 4.79 Å². The van der Waals surface area contributed by atoms with Crippen LogP contribution < -0.4 is 10.9 Å². The van der Waals surface area contributed by atoms with Gasteiger partial charge in [0.2, 0.25) is 5.91 Å². The summed E-state index contributed by atoms with van der Waals surface area (Å²) in [5.74, 6) is -0.240. The Morgan fingerprint density at radius 2 is 1.73 bits per heavy atom. The molecule has 0 saturated heterocycles. The van der Waals surface area contributed by atoms with Crippen LogP contribution in [0.25, 0.3) is 27.5 Å². The summed E-state index contributed by atoms with van der Waals surface area (Å²) in [6.45, 7) is 0.415. The standard InChI is InChI=1S/C26H23N5O2/c32-25(27-15-7-10-19-8-2-1-3-9-19)17-30-26(33)24-16-23(29-31(24)18-28-30)22-14-6-12-20-11-4-5-13-21(20)22/h1-6,8-9,11-14,16,18H,7,10,15,17H2,(H,27,32). The van der Waals surface area contributed by atoms with Gasteiger partial charge in [0.15, 0.2) is 0 Å². The predicted molar refractivity (Wildman–Crippen MR) is 128 cm³/mol. The molecule has 3 aromatic carbocycles. The Morgan fingerprint density at radius 3 is 2.61 bits per heavy atom. The number of benzene rings is 3. The number of aromatic nitrogens is 4. The van der Waals surface area contributed by atoms with Crippen molar-refractivity contribution in [3.8, 4) is 11.3 Å². The summed E-state index contributed by atoms with van der Waals surface area (Å²) in [6.07, 6.45) is 3.18. The van der Waals surface area contributed by atoms with E-state index in [9.17, 15) is 9.59 Å². The van der Waals surface area contributed by atoms with E-state index < -0.39 is 0 Å². The quantitative estimate of drug-likeness (QED) is 0.396. The molecule has 0 spiro atoms. The molecule has 1 amide bonds. The van der Waals surface area contributed by atoms with E-state index in [0.29, 0.717) is 17.8 Å². The second-order valence-electron chi connectivity index (χ2n) is 7.92. The van der Waals surface area contributed by atoms with E-state index in [4.69, 9.17) is 0 Å². The molecule has 0 aliphatic heterocycles. The Balaban J connectivity index is 1.30. The van der Waals surface area contributed by atoms with Crippen molar-refractivity contribution in [3.63, 3.8) is 0 Å². The summed E-state index contributed by atoms with van der Waals surface area (Å²) in [4.78, 5) is 25.3. The van der Waals surface area contributed by atoms with Crippen LogP contribution in [-0.2, 0) is 17.8 Å². The van der Waals surface area contributed by atoms with Gasteiger partial charge >= 0.3 is 0 Å². The lowest BCUT2D eigenvalue weighted by molar-refractivity contribution is -0.121. The topological polar surface area (TPSA) is 81.3 Å². The first-order valence-electron chi connectivity index (χ1n) is 10.9. The Kier molecular flexibility index (Phi) is 5.68. The number of nitrogens with zero attached hydrogens (tertiary/aromatic N) is 4. The van der Waals surface area contributed by atoms with Crippen LogP contribution in [0.5, 0.6) is 0 Å². The maximum atomic E-state index is 12.9. The first-order valence-corrected chi connectivity index (χ1v) is 10.9. The van der Waals surface area contributed by atoms with Gasteiger partial charge in [-0.25, -0.2) is 9.20 Å². The second-order valence-corrected chi connectivity index (χ2v) is 7.92. The molecule has 0 bridgehead atoms. The van der Waals surface area contributed by atoms with Crippen molar-refractivity contribution in [1.82, 2.24) is 24.7 Å². The van der Waals surface area contributed by atoms with Crippen LogP contribution in [0, 0.1) is 0 Å². The molecule has 7 nitrogen and oxygen atoms in total. The van der Waals surface area contributed by atoms with Crippen molar-refractivity contribution in [2.45, 2.75) is 19.4 Å². The fraction of sp³-hybridized carbons (Fsp3) is 0.154. The number of hydrogen-bond acceptors (Lipinski definition) is 4. The maximum Gasteiger partial charge on any atom is 0.293 e. The molecular weight excluding hydrogens is 414 g/mol. The number of aryl methyl sites for hydroxylation is 1. The lowest BCUT2D eigenvalue weighted by Crippen LogP contribution is -2.34. The molecule has 33 heavy (non-hydrogen) atoms. The van der Waals surface area contributed by atoms with Crippen molar-refractivity contribution in [2.75, 3.05) is 6.54 Å². The van der Waals surface area contributed by atoms with Gasteiger partial charge in [0, 0.05) is 12.1 Å². The molecule has 1 N–H and O–H groups in total. The van der Waals surface area contributed by atoms with Gasteiger partial charge in [-0.15, -0.1) is 0 Å². The van der Waals surface area contributed by atoms with Crippen molar-refractivity contribution >= 4 is 22.2 Å². The Morgan fingerprint density at radius 1 is 0.939 bits per heavy atom. The molecule has 164 valence electrons. The monoisotopic (exact) mass is 437 g/mol. The molecule has 5 rings (SSSR count). The highest BCUT2D eigenvalue weighted by Gasteiger charge is 2.13. The molecule has 7 heteroatoms. The Hall–Kier alpha value is -4.26. The van der Waals surface area contributed by atoms with E-state index in [0.717, 1.165) is 29.2 Å². The number of fused-ring (bicyclic) bond motifs is 2. The van der Waals surface area contributed by atoms with Gasteiger partial charge in [-0.1, -0.05) is 72.8 Å². The smallest absolute Gasteiger partial charge is 0.293 e. The summed E-state index contributed by atoms with van der Waals surface area (Å²) in [5.41, 5.74) is 2.89. The zero-order valence-electron chi connectivity index (χ0n) is 18.0. The predicted octanol–water partition coefficient (Wildman–Crippen LogP) is 3.46. The molecule has 0 aliphatic carbocycles. The zero-order valence-corrected chi connectivity index (χ0v) is 18.0. The number of carbonyl (C=O) groups excluding carboxylic acids is 1. The number of rotatable bonds is 7. The molecule has 0 aliphatic rings. The number of amides is 1. The second kappa shape index (κ2) is 9.08.